The van der Waals surface area contributed by atoms with Crippen LogP contribution in [0.4, 0.5) is 5.69 Å². The molecule has 136 valence electrons. The maximum absolute atomic E-state index is 13.2. The lowest BCUT2D eigenvalue weighted by Gasteiger charge is -2.21. The van der Waals surface area contributed by atoms with E-state index in [0.29, 0.717) is 27.4 Å². The summed E-state index contributed by atoms with van der Waals surface area (Å²) in [5, 5.41) is 1.84. The van der Waals surface area contributed by atoms with Gasteiger partial charge in [-0.25, -0.2) is 4.79 Å². The van der Waals surface area contributed by atoms with Gasteiger partial charge in [0.1, 0.15) is 5.58 Å². The molecule has 0 atom stereocenters. The Morgan fingerprint density at radius 1 is 1.11 bits per heavy atom. The summed E-state index contributed by atoms with van der Waals surface area (Å²) in [5.41, 5.74) is 0.837. The first-order valence-electron chi connectivity index (χ1n) is 8.61. The van der Waals surface area contributed by atoms with Gasteiger partial charge in [0.2, 0.25) is 0 Å². The van der Waals surface area contributed by atoms with Gasteiger partial charge in [-0.1, -0.05) is 36.7 Å². The average Bonchev–Trinajstić information content (AvgIpc) is 3.12. The third kappa shape index (κ3) is 3.24. The van der Waals surface area contributed by atoms with Crippen LogP contribution in [0.5, 0.6) is 0 Å². The summed E-state index contributed by atoms with van der Waals surface area (Å²) < 4.78 is 6.16. The number of benzene rings is 2. The Hall–Kier alpha value is -2.63. The zero-order valence-corrected chi connectivity index (χ0v) is 16.1. The van der Waals surface area contributed by atoms with E-state index in [9.17, 15) is 9.59 Å². The number of hydrogen-bond acceptors (Lipinski definition) is 4. The number of nitrogens with zero attached hydrogens (tertiary/aromatic N) is 1. The van der Waals surface area contributed by atoms with Gasteiger partial charge >= 0.3 is 5.63 Å². The SMILES string of the molecule is CCCN(C(=O)c1cc2c(=O)oc3ccccc3c2s1)c1cccc(Cl)c1. The predicted molar refractivity (Wildman–Crippen MR) is 111 cm³/mol. The largest absolute Gasteiger partial charge is 0.422 e. The monoisotopic (exact) mass is 397 g/mol. The molecule has 0 fully saturated rings. The highest BCUT2D eigenvalue weighted by atomic mass is 35.5. The second-order valence-corrected chi connectivity index (χ2v) is 7.66. The van der Waals surface area contributed by atoms with Crippen LogP contribution in [0.15, 0.2) is 63.8 Å². The molecule has 1 amide bonds. The number of carbonyl (C=O) groups excluding carboxylic acids is 1. The molecule has 0 N–H and O–H groups in total. The third-order valence-corrected chi connectivity index (χ3v) is 5.70. The van der Waals surface area contributed by atoms with Crippen molar-refractivity contribution < 1.29 is 9.21 Å². The van der Waals surface area contributed by atoms with E-state index in [1.165, 1.54) is 11.3 Å². The molecular weight excluding hydrogens is 382 g/mol. The molecule has 0 radical (unpaired) electrons. The molecule has 4 rings (SSSR count). The summed E-state index contributed by atoms with van der Waals surface area (Å²) in [6.07, 6.45) is 0.800. The third-order valence-electron chi connectivity index (χ3n) is 4.31. The Balaban J connectivity index is 1.85. The lowest BCUT2D eigenvalue weighted by molar-refractivity contribution is 0.0991. The minimum atomic E-state index is -0.427. The lowest BCUT2D eigenvalue weighted by Crippen LogP contribution is -2.31. The van der Waals surface area contributed by atoms with Crippen molar-refractivity contribution in [3.63, 3.8) is 0 Å². The Bertz CT molecular complexity index is 1210. The molecular formula is C21H16ClNO3S. The number of fused-ring (bicyclic) bond motifs is 3. The number of amides is 1. The van der Waals surface area contributed by atoms with Crippen LogP contribution in [0.1, 0.15) is 23.0 Å². The zero-order valence-electron chi connectivity index (χ0n) is 14.6. The van der Waals surface area contributed by atoms with E-state index >= 15 is 0 Å². The first kappa shape index (κ1) is 17.8. The van der Waals surface area contributed by atoms with E-state index in [1.54, 1.807) is 29.2 Å². The maximum Gasteiger partial charge on any atom is 0.345 e. The summed E-state index contributed by atoms with van der Waals surface area (Å²) in [4.78, 5) is 27.8. The van der Waals surface area contributed by atoms with Gasteiger partial charge in [-0.3, -0.25) is 4.79 Å². The standard InChI is InChI=1S/C21H16ClNO3S/c1-2-10-23(14-7-5-6-13(22)11-14)20(24)18-12-16-19(27-18)15-8-3-4-9-17(15)26-21(16)25/h3-9,11-12H,2,10H2,1H3. The zero-order chi connectivity index (χ0) is 19.0. The molecule has 0 saturated carbocycles. The molecule has 2 aromatic carbocycles. The van der Waals surface area contributed by atoms with Gasteiger partial charge in [-0.2, -0.15) is 0 Å². The van der Waals surface area contributed by atoms with E-state index in [1.807, 2.05) is 37.3 Å². The summed E-state index contributed by atoms with van der Waals surface area (Å²) in [6.45, 7) is 2.57. The minimum absolute atomic E-state index is 0.149. The van der Waals surface area contributed by atoms with Crippen LogP contribution < -0.4 is 10.5 Å². The van der Waals surface area contributed by atoms with Crippen molar-refractivity contribution in [1.82, 2.24) is 0 Å². The van der Waals surface area contributed by atoms with Gasteiger partial charge in [0.05, 0.1) is 15.0 Å². The fraction of sp³-hybridized carbons (Fsp3) is 0.143. The highest BCUT2D eigenvalue weighted by molar-refractivity contribution is 7.21. The van der Waals surface area contributed by atoms with Crippen molar-refractivity contribution in [2.45, 2.75) is 13.3 Å². The van der Waals surface area contributed by atoms with Crippen molar-refractivity contribution in [2.24, 2.45) is 0 Å². The number of thiophene rings is 1. The molecule has 0 saturated heterocycles. The number of halogens is 1. The Labute approximate surface area is 164 Å². The quantitative estimate of drug-likeness (QED) is 0.414. The fourth-order valence-electron chi connectivity index (χ4n) is 3.09. The second-order valence-electron chi connectivity index (χ2n) is 6.18. The number of hydrogen-bond donors (Lipinski definition) is 0. The number of carbonyl (C=O) groups is 1. The number of rotatable bonds is 4. The fourth-order valence-corrected chi connectivity index (χ4v) is 4.40. The molecule has 4 aromatic rings. The van der Waals surface area contributed by atoms with Crippen molar-refractivity contribution >= 4 is 55.6 Å². The van der Waals surface area contributed by atoms with Gasteiger partial charge in [0.15, 0.2) is 0 Å². The average molecular weight is 398 g/mol. The van der Waals surface area contributed by atoms with E-state index in [0.717, 1.165) is 22.2 Å². The Kier molecular flexibility index (Phi) is 4.72. The van der Waals surface area contributed by atoms with Crippen LogP contribution >= 0.6 is 22.9 Å². The van der Waals surface area contributed by atoms with Crippen molar-refractivity contribution in [2.75, 3.05) is 11.4 Å². The highest BCUT2D eigenvalue weighted by Gasteiger charge is 2.21. The van der Waals surface area contributed by atoms with Crippen molar-refractivity contribution in [1.29, 1.82) is 0 Å². The minimum Gasteiger partial charge on any atom is -0.422 e. The summed E-state index contributed by atoms with van der Waals surface area (Å²) >= 11 is 7.42. The molecule has 0 aliphatic heterocycles. The molecule has 2 aromatic heterocycles. The second kappa shape index (κ2) is 7.18. The van der Waals surface area contributed by atoms with E-state index < -0.39 is 5.63 Å². The highest BCUT2D eigenvalue weighted by Crippen LogP contribution is 2.32. The van der Waals surface area contributed by atoms with Gasteiger partial charge in [0.25, 0.3) is 5.91 Å². The van der Waals surface area contributed by atoms with Gasteiger partial charge in [-0.05, 0) is 42.8 Å². The lowest BCUT2D eigenvalue weighted by atomic mass is 10.2. The number of anilines is 1. The smallest absolute Gasteiger partial charge is 0.345 e. The number of para-hydroxylation sites is 1. The van der Waals surface area contributed by atoms with Crippen LogP contribution in [-0.4, -0.2) is 12.5 Å². The van der Waals surface area contributed by atoms with Crippen LogP contribution in [0, 0.1) is 0 Å². The first-order valence-corrected chi connectivity index (χ1v) is 9.80. The molecule has 4 nitrogen and oxygen atoms in total. The molecule has 27 heavy (non-hydrogen) atoms. The van der Waals surface area contributed by atoms with E-state index in [2.05, 4.69) is 0 Å². The normalized spacial score (nSPS) is 11.2. The summed E-state index contributed by atoms with van der Waals surface area (Å²) in [5.74, 6) is -0.149. The van der Waals surface area contributed by atoms with Crippen molar-refractivity contribution in [3.8, 4) is 0 Å². The van der Waals surface area contributed by atoms with Crippen LogP contribution in [0.2, 0.25) is 5.02 Å². The van der Waals surface area contributed by atoms with E-state index in [-0.39, 0.29) is 5.91 Å². The van der Waals surface area contributed by atoms with Crippen LogP contribution in [0.3, 0.4) is 0 Å². The molecule has 0 aliphatic rings. The van der Waals surface area contributed by atoms with Crippen molar-refractivity contribution in [3.05, 3.63) is 74.9 Å². The molecule has 0 bridgehead atoms. The van der Waals surface area contributed by atoms with Gasteiger partial charge < -0.3 is 9.32 Å². The predicted octanol–water partition coefficient (Wildman–Crippen LogP) is 5.72. The topological polar surface area (TPSA) is 50.5 Å². The molecule has 0 aliphatic carbocycles. The van der Waals surface area contributed by atoms with Gasteiger partial charge in [0, 0.05) is 22.6 Å². The summed E-state index contributed by atoms with van der Waals surface area (Å²) in [7, 11) is 0. The molecule has 2 heterocycles. The van der Waals surface area contributed by atoms with E-state index in [4.69, 9.17) is 16.0 Å². The summed E-state index contributed by atoms with van der Waals surface area (Å²) in [6, 6.07) is 16.2. The molecule has 0 spiro atoms. The van der Waals surface area contributed by atoms with Gasteiger partial charge in [-0.15, -0.1) is 11.3 Å². The maximum atomic E-state index is 13.2. The van der Waals surface area contributed by atoms with Crippen LogP contribution in [-0.2, 0) is 0 Å². The Morgan fingerprint density at radius 3 is 2.70 bits per heavy atom. The molecule has 0 unspecified atom stereocenters. The first-order chi connectivity index (χ1) is 13.1. The Morgan fingerprint density at radius 2 is 1.93 bits per heavy atom. The molecule has 6 heteroatoms. The van der Waals surface area contributed by atoms with Crippen LogP contribution in [0.25, 0.3) is 21.1 Å².